The highest BCUT2D eigenvalue weighted by Crippen LogP contribution is 2.63. The zero-order chi connectivity index (χ0) is 19.5. The molecule has 8 heteroatoms. The van der Waals surface area contributed by atoms with Crippen molar-refractivity contribution >= 4 is 10.0 Å². The van der Waals surface area contributed by atoms with Gasteiger partial charge < -0.3 is 4.90 Å². The van der Waals surface area contributed by atoms with Gasteiger partial charge in [0, 0.05) is 25.0 Å². The molecule has 1 aliphatic heterocycles. The Morgan fingerprint density at radius 3 is 2.38 bits per heavy atom. The maximum Gasteiger partial charge on any atom is 0.417 e. The number of fused-ring (bicyclic) bond motifs is 1. The number of alkyl halides is 3. The fourth-order valence-electron chi connectivity index (χ4n) is 5.17. The topological polar surface area (TPSA) is 40.6 Å². The number of benzene rings is 1. The number of hydrogen-bond donors (Lipinski definition) is 0. The van der Waals surface area contributed by atoms with Gasteiger partial charge in [0.2, 0.25) is 10.0 Å². The van der Waals surface area contributed by atoms with E-state index in [2.05, 4.69) is 13.8 Å². The van der Waals surface area contributed by atoms with E-state index in [-0.39, 0.29) is 29.8 Å². The Morgan fingerprint density at radius 2 is 1.85 bits per heavy atom. The number of hydrogen-bond acceptors (Lipinski definition) is 3. The molecule has 3 rings (SSSR count). The first-order valence-electron chi connectivity index (χ1n) is 8.61. The molecule has 1 saturated heterocycles. The molecule has 1 aliphatic carbocycles. The van der Waals surface area contributed by atoms with E-state index in [9.17, 15) is 21.6 Å². The van der Waals surface area contributed by atoms with Gasteiger partial charge in [-0.1, -0.05) is 26.0 Å². The van der Waals surface area contributed by atoms with Gasteiger partial charge in [0.05, 0.1) is 10.5 Å². The molecule has 2 atom stereocenters. The third-order valence-electron chi connectivity index (χ3n) is 5.81. The van der Waals surface area contributed by atoms with E-state index in [1.165, 1.54) is 16.4 Å². The molecule has 0 aromatic heterocycles. The van der Waals surface area contributed by atoms with Crippen molar-refractivity contribution in [2.75, 3.05) is 33.7 Å². The highest BCUT2D eigenvalue weighted by molar-refractivity contribution is 7.89. The van der Waals surface area contributed by atoms with Crippen LogP contribution < -0.4 is 0 Å². The summed E-state index contributed by atoms with van der Waals surface area (Å²) in [4.78, 5) is 1.38. The molecule has 26 heavy (non-hydrogen) atoms. The first-order chi connectivity index (χ1) is 11.8. The van der Waals surface area contributed by atoms with Crippen molar-refractivity contribution in [3.05, 3.63) is 29.8 Å². The first-order valence-corrected chi connectivity index (χ1v) is 10.0. The standard InChI is InChI=1S/C18H25F3N2O2S/c1-16(2)10-17(11-22(3)4)12-23(9-15(16)17)26(24,25)14-8-6-5-7-13(14)18(19,20)21/h5-8,15H,9-12H2,1-4H3/t15-,17+/m1/s1. The van der Waals surface area contributed by atoms with Crippen molar-refractivity contribution in [1.29, 1.82) is 0 Å². The van der Waals surface area contributed by atoms with Crippen LogP contribution in [0.4, 0.5) is 13.2 Å². The number of halogens is 3. The molecule has 146 valence electrons. The van der Waals surface area contributed by atoms with Gasteiger partial charge >= 0.3 is 6.18 Å². The second-order valence-corrected chi connectivity index (χ2v) is 10.5. The van der Waals surface area contributed by atoms with Crippen LogP contribution in [0.25, 0.3) is 0 Å². The third kappa shape index (κ3) is 3.05. The molecule has 1 saturated carbocycles. The monoisotopic (exact) mass is 390 g/mol. The fourth-order valence-corrected chi connectivity index (χ4v) is 6.93. The van der Waals surface area contributed by atoms with Gasteiger partial charge in [-0.05, 0) is 44.0 Å². The summed E-state index contributed by atoms with van der Waals surface area (Å²) >= 11 is 0. The van der Waals surface area contributed by atoms with Gasteiger partial charge in [-0.2, -0.15) is 17.5 Å². The van der Waals surface area contributed by atoms with Crippen LogP contribution in [-0.2, 0) is 16.2 Å². The molecule has 1 heterocycles. The van der Waals surface area contributed by atoms with Crippen molar-refractivity contribution in [2.24, 2.45) is 16.7 Å². The van der Waals surface area contributed by atoms with Gasteiger partial charge in [-0.3, -0.25) is 0 Å². The average Bonchev–Trinajstić information content (AvgIpc) is 2.81. The zero-order valence-electron chi connectivity index (χ0n) is 15.5. The second-order valence-electron chi connectivity index (χ2n) is 8.61. The minimum absolute atomic E-state index is 0.0101. The van der Waals surface area contributed by atoms with Gasteiger partial charge in [-0.15, -0.1) is 0 Å². The van der Waals surface area contributed by atoms with Crippen molar-refractivity contribution in [2.45, 2.75) is 31.3 Å². The highest BCUT2D eigenvalue weighted by Gasteiger charge is 2.64. The van der Waals surface area contributed by atoms with Crippen LogP contribution in [0.2, 0.25) is 0 Å². The molecule has 0 amide bonds. The van der Waals surface area contributed by atoms with Crippen molar-refractivity contribution in [3.8, 4) is 0 Å². The Bertz CT molecular complexity index is 801. The van der Waals surface area contributed by atoms with Crippen molar-refractivity contribution in [1.82, 2.24) is 9.21 Å². The van der Waals surface area contributed by atoms with Crippen LogP contribution in [0, 0.1) is 16.7 Å². The van der Waals surface area contributed by atoms with Crippen LogP contribution in [0.15, 0.2) is 29.2 Å². The molecule has 0 spiro atoms. The Kier molecular flexibility index (Phi) is 4.49. The van der Waals surface area contributed by atoms with Gasteiger partial charge in [0.1, 0.15) is 0 Å². The summed E-state index contributed by atoms with van der Waals surface area (Å²) in [6.45, 7) is 5.48. The maximum absolute atomic E-state index is 13.3. The second kappa shape index (κ2) is 5.94. The molecule has 4 nitrogen and oxygen atoms in total. The molecule has 1 aromatic carbocycles. The normalized spacial score (nSPS) is 28.8. The summed E-state index contributed by atoms with van der Waals surface area (Å²) in [6.07, 6.45) is -3.83. The van der Waals surface area contributed by atoms with E-state index in [0.29, 0.717) is 0 Å². The van der Waals surface area contributed by atoms with E-state index < -0.39 is 26.7 Å². The molecule has 0 bridgehead atoms. The van der Waals surface area contributed by atoms with E-state index in [1.807, 2.05) is 19.0 Å². The van der Waals surface area contributed by atoms with E-state index >= 15 is 0 Å². The fraction of sp³-hybridized carbons (Fsp3) is 0.667. The molecule has 0 radical (unpaired) electrons. The molecule has 2 fully saturated rings. The quantitative estimate of drug-likeness (QED) is 0.792. The Hall–Kier alpha value is -1.12. The van der Waals surface area contributed by atoms with Crippen molar-refractivity contribution in [3.63, 3.8) is 0 Å². The number of nitrogens with zero attached hydrogens (tertiary/aromatic N) is 2. The maximum atomic E-state index is 13.3. The largest absolute Gasteiger partial charge is 0.417 e. The van der Waals surface area contributed by atoms with Gasteiger partial charge in [-0.25, -0.2) is 8.42 Å². The third-order valence-corrected chi connectivity index (χ3v) is 7.68. The molecule has 0 unspecified atom stereocenters. The van der Waals surface area contributed by atoms with E-state index in [4.69, 9.17) is 0 Å². The zero-order valence-corrected chi connectivity index (χ0v) is 16.3. The molecule has 0 N–H and O–H groups in total. The summed E-state index contributed by atoms with van der Waals surface area (Å²) in [5, 5.41) is 0. The average molecular weight is 390 g/mol. The summed E-state index contributed by atoms with van der Waals surface area (Å²) in [6, 6.07) is 4.44. The lowest BCUT2D eigenvalue weighted by Crippen LogP contribution is -2.57. The number of rotatable bonds is 4. The van der Waals surface area contributed by atoms with E-state index in [1.54, 1.807) is 0 Å². The molecule has 2 aliphatic rings. The lowest BCUT2D eigenvalue weighted by molar-refractivity contribution is -0.139. The summed E-state index contributed by atoms with van der Waals surface area (Å²) in [5.74, 6) is 0.144. The van der Waals surface area contributed by atoms with Crippen LogP contribution in [-0.4, -0.2) is 51.4 Å². The Labute approximate surface area is 153 Å². The summed E-state index contributed by atoms with van der Waals surface area (Å²) in [7, 11) is -0.332. The predicted octanol–water partition coefficient (Wildman–Crippen LogP) is 3.30. The molecular formula is C18H25F3N2O2S. The van der Waals surface area contributed by atoms with Crippen LogP contribution in [0.3, 0.4) is 0 Å². The van der Waals surface area contributed by atoms with Gasteiger partial charge in [0.25, 0.3) is 0 Å². The highest BCUT2D eigenvalue weighted by atomic mass is 32.2. The molecule has 1 aromatic rings. The smallest absolute Gasteiger partial charge is 0.309 e. The van der Waals surface area contributed by atoms with Gasteiger partial charge in [0.15, 0.2) is 0 Å². The number of sulfonamides is 1. The van der Waals surface area contributed by atoms with Crippen LogP contribution >= 0.6 is 0 Å². The Balaban J connectivity index is 1.98. The summed E-state index contributed by atoms with van der Waals surface area (Å²) < 4.78 is 67.3. The van der Waals surface area contributed by atoms with Crippen molar-refractivity contribution < 1.29 is 21.6 Å². The van der Waals surface area contributed by atoms with E-state index in [0.717, 1.165) is 25.1 Å². The SMILES string of the molecule is CN(C)C[C@@]12CN(S(=O)(=O)c3ccccc3C(F)(F)F)C[C@@H]1C(C)(C)C2. The minimum Gasteiger partial charge on any atom is -0.309 e. The predicted molar refractivity (Wildman–Crippen MR) is 93.1 cm³/mol. The molecular weight excluding hydrogens is 365 g/mol. The first kappa shape index (κ1) is 19.6. The summed E-state index contributed by atoms with van der Waals surface area (Å²) in [5.41, 5.74) is -1.29. The minimum atomic E-state index is -4.71. The van der Waals surface area contributed by atoms with Crippen LogP contribution in [0.5, 0.6) is 0 Å². The lowest BCUT2D eigenvalue weighted by Gasteiger charge is -2.57. The lowest BCUT2D eigenvalue weighted by atomic mass is 9.48. The van der Waals surface area contributed by atoms with Crippen LogP contribution in [0.1, 0.15) is 25.8 Å². The Morgan fingerprint density at radius 1 is 1.23 bits per heavy atom.